The van der Waals surface area contributed by atoms with E-state index in [4.69, 9.17) is 14.7 Å². The number of ether oxygens (including phenoxy) is 2. The molecule has 1 N–H and O–H groups in total. The summed E-state index contributed by atoms with van der Waals surface area (Å²) in [6.45, 7) is 5.97. The Morgan fingerprint density at radius 2 is 2.14 bits per heavy atom. The number of halogens is 1. The predicted octanol–water partition coefficient (Wildman–Crippen LogP) is 1.55. The molecular formula is C16H21FN2O3. The molecule has 0 aromatic heterocycles. The normalized spacial score (nSPS) is 23.8. The van der Waals surface area contributed by atoms with Gasteiger partial charge in [0.1, 0.15) is 35.9 Å². The van der Waals surface area contributed by atoms with E-state index in [0.29, 0.717) is 6.54 Å². The number of nitrogens with zero attached hydrogens (tertiary/aromatic N) is 2. The van der Waals surface area contributed by atoms with Crippen molar-refractivity contribution in [1.82, 2.24) is 4.90 Å². The fourth-order valence-corrected chi connectivity index (χ4v) is 2.70. The summed E-state index contributed by atoms with van der Waals surface area (Å²) >= 11 is 0. The molecule has 3 unspecified atom stereocenters. The number of morpholine rings is 1. The minimum absolute atomic E-state index is 0.0122. The predicted molar refractivity (Wildman–Crippen MR) is 79.1 cm³/mol. The lowest BCUT2D eigenvalue weighted by Crippen LogP contribution is -2.48. The summed E-state index contributed by atoms with van der Waals surface area (Å²) in [6.07, 6.45) is -0.456. The Morgan fingerprint density at radius 3 is 2.77 bits per heavy atom. The molecule has 6 heteroatoms. The molecule has 1 aromatic carbocycles. The van der Waals surface area contributed by atoms with E-state index in [-0.39, 0.29) is 30.1 Å². The minimum atomic E-state index is -0.715. The second-order valence-corrected chi connectivity index (χ2v) is 5.67. The van der Waals surface area contributed by atoms with Crippen LogP contribution < -0.4 is 4.74 Å². The van der Waals surface area contributed by atoms with Crippen molar-refractivity contribution in [1.29, 1.82) is 5.26 Å². The van der Waals surface area contributed by atoms with Gasteiger partial charge in [-0.15, -0.1) is 0 Å². The number of aliphatic hydroxyl groups is 1. The third-order valence-corrected chi connectivity index (χ3v) is 3.48. The van der Waals surface area contributed by atoms with Crippen molar-refractivity contribution in [2.75, 3.05) is 26.2 Å². The lowest BCUT2D eigenvalue weighted by molar-refractivity contribution is -0.0786. The Balaban J connectivity index is 1.87. The van der Waals surface area contributed by atoms with Gasteiger partial charge in [0.25, 0.3) is 0 Å². The zero-order chi connectivity index (χ0) is 16.1. The molecule has 1 aromatic rings. The van der Waals surface area contributed by atoms with Crippen molar-refractivity contribution in [2.24, 2.45) is 0 Å². The van der Waals surface area contributed by atoms with Crippen molar-refractivity contribution >= 4 is 0 Å². The molecule has 0 radical (unpaired) electrons. The molecule has 0 saturated carbocycles. The van der Waals surface area contributed by atoms with Gasteiger partial charge in [0, 0.05) is 19.6 Å². The van der Waals surface area contributed by atoms with E-state index in [1.165, 1.54) is 18.2 Å². The van der Waals surface area contributed by atoms with Crippen LogP contribution in [0.1, 0.15) is 19.4 Å². The molecular weight excluding hydrogens is 287 g/mol. The Bertz CT molecular complexity index is 537. The Labute approximate surface area is 129 Å². The molecule has 22 heavy (non-hydrogen) atoms. The van der Waals surface area contributed by atoms with Gasteiger partial charge in [-0.1, -0.05) is 6.07 Å². The smallest absolute Gasteiger partial charge is 0.144 e. The first-order valence-corrected chi connectivity index (χ1v) is 7.37. The van der Waals surface area contributed by atoms with Crippen LogP contribution >= 0.6 is 0 Å². The fraction of sp³-hybridized carbons (Fsp3) is 0.562. The maximum atomic E-state index is 13.4. The van der Waals surface area contributed by atoms with Crippen molar-refractivity contribution in [3.8, 4) is 11.8 Å². The van der Waals surface area contributed by atoms with Gasteiger partial charge in [-0.05, 0) is 26.0 Å². The zero-order valence-electron chi connectivity index (χ0n) is 12.8. The van der Waals surface area contributed by atoms with Crippen LogP contribution in [0.15, 0.2) is 18.2 Å². The lowest BCUT2D eigenvalue weighted by atomic mass is 10.2. The first-order chi connectivity index (χ1) is 10.5. The highest BCUT2D eigenvalue weighted by Crippen LogP contribution is 2.20. The van der Waals surface area contributed by atoms with Gasteiger partial charge in [0.15, 0.2) is 0 Å². The molecule has 0 bridgehead atoms. The molecule has 2 rings (SSSR count). The van der Waals surface area contributed by atoms with Gasteiger partial charge in [0.05, 0.1) is 12.2 Å². The number of benzene rings is 1. The standard InChI is InChI=1S/C16H21FN2O3/c1-11-7-19(8-12(2)22-11)9-13(20)10-21-16-5-3-4-15(17)14(16)6-18/h3-5,11-13,20H,7-10H2,1-2H3. The van der Waals surface area contributed by atoms with Crippen molar-refractivity contribution in [2.45, 2.75) is 32.2 Å². The van der Waals surface area contributed by atoms with Crippen LogP contribution in [0.3, 0.4) is 0 Å². The van der Waals surface area contributed by atoms with Gasteiger partial charge < -0.3 is 14.6 Å². The monoisotopic (exact) mass is 308 g/mol. The molecule has 1 heterocycles. The van der Waals surface area contributed by atoms with Crippen LogP contribution in [-0.2, 0) is 4.74 Å². The van der Waals surface area contributed by atoms with E-state index in [1.54, 1.807) is 6.07 Å². The molecule has 1 saturated heterocycles. The number of hydrogen-bond donors (Lipinski definition) is 1. The molecule has 3 atom stereocenters. The topological polar surface area (TPSA) is 65.7 Å². The third kappa shape index (κ3) is 4.41. The summed E-state index contributed by atoms with van der Waals surface area (Å²) in [5.74, 6) is -0.462. The number of aliphatic hydroxyl groups excluding tert-OH is 1. The fourth-order valence-electron chi connectivity index (χ4n) is 2.70. The van der Waals surface area contributed by atoms with Gasteiger partial charge in [-0.3, -0.25) is 4.90 Å². The van der Waals surface area contributed by atoms with Crippen LogP contribution in [0.2, 0.25) is 0 Å². The number of hydrogen-bond acceptors (Lipinski definition) is 5. The Morgan fingerprint density at radius 1 is 1.45 bits per heavy atom. The van der Waals surface area contributed by atoms with Gasteiger partial charge in [-0.25, -0.2) is 4.39 Å². The molecule has 1 aliphatic heterocycles. The van der Waals surface area contributed by atoms with Crippen LogP contribution in [0.5, 0.6) is 5.75 Å². The molecule has 0 amide bonds. The first-order valence-electron chi connectivity index (χ1n) is 7.37. The summed E-state index contributed by atoms with van der Waals surface area (Å²) in [7, 11) is 0. The summed E-state index contributed by atoms with van der Waals surface area (Å²) in [6, 6.07) is 5.98. The second-order valence-electron chi connectivity index (χ2n) is 5.67. The van der Waals surface area contributed by atoms with Gasteiger partial charge >= 0.3 is 0 Å². The van der Waals surface area contributed by atoms with Crippen LogP contribution in [0, 0.1) is 17.1 Å². The van der Waals surface area contributed by atoms with Gasteiger partial charge in [-0.2, -0.15) is 5.26 Å². The maximum absolute atomic E-state index is 13.4. The highest BCUT2D eigenvalue weighted by atomic mass is 19.1. The van der Waals surface area contributed by atoms with E-state index >= 15 is 0 Å². The molecule has 5 nitrogen and oxygen atoms in total. The summed E-state index contributed by atoms with van der Waals surface area (Å²) in [4.78, 5) is 2.11. The van der Waals surface area contributed by atoms with Crippen molar-refractivity contribution < 1.29 is 19.0 Å². The molecule has 1 aliphatic rings. The number of nitriles is 1. The largest absolute Gasteiger partial charge is 0.489 e. The maximum Gasteiger partial charge on any atom is 0.144 e. The Hall–Kier alpha value is -1.68. The van der Waals surface area contributed by atoms with E-state index in [1.807, 2.05) is 13.8 Å². The van der Waals surface area contributed by atoms with E-state index in [2.05, 4.69) is 4.90 Å². The van der Waals surface area contributed by atoms with Gasteiger partial charge in [0.2, 0.25) is 0 Å². The van der Waals surface area contributed by atoms with E-state index in [9.17, 15) is 9.50 Å². The van der Waals surface area contributed by atoms with Crippen LogP contribution in [0.25, 0.3) is 0 Å². The van der Waals surface area contributed by atoms with E-state index < -0.39 is 11.9 Å². The van der Waals surface area contributed by atoms with E-state index in [0.717, 1.165) is 13.1 Å². The zero-order valence-corrected chi connectivity index (χ0v) is 12.8. The summed E-state index contributed by atoms with van der Waals surface area (Å²) in [5.41, 5.74) is -0.136. The average molecular weight is 308 g/mol. The third-order valence-electron chi connectivity index (χ3n) is 3.48. The SMILES string of the molecule is CC1CN(CC(O)COc2cccc(F)c2C#N)CC(C)O1. The number of rotatable bonds is 5. The second kappa shape index (κ2) is 7.54. The molecule has 0 aliphatic carbocycles. The highest BCUT2D eigenvalue weighted by Gasteiger charge is 2.24. The van der Waals surface area contributed by atoms with Crippen molar-refractivity contribution in [3.05, 3.63) is 29.6 Å². The Kier molecular flexibility index (Phi) is 5.72. The first kappa shape index (κ1) is 16.7. The van der Waals surface area contributed by atoms with Crippen LogP contribution in [0.4, 0.5) is 4.39 Å². The summed E-state index contributed by atoms with van der Waals surface area (Å²) < 4.78 is 24.5. The minimum Gasteiger partial charge on any atom is -0.489 e. The van der Waals surface area contributed by atoms with Crippen molar-refractivity contribution in [3.63, 3.8) is 0 Å². The van der Waals surface area contributed by atoms with Crippen LogP contribution in [-0.4, -0.2) is 54.6 Å². The molecule has 120 valence electrons. The lowest BCUT2D eigenvalue weighted by Gasteiger charge is -2.36. The molecule has 0 spiro atoms. The number of β-amino-alcohol motifs (C(OH)–C–C–N with tert-alkyl or cyclic N) is 1. The molecule has 1 fully saturated rings. The average Bonchev–Trinajstić information content (AvgIpc) is 2.44. The highest BCUT2D eigenvalue weighted by molar-refractivity contribution is 5.43. The summed E-state index contributed by atoms with van der Waals surface area (Å²) in [5, 5.41) is 19.0. The quantitative estimate of drug-likeness (QED) is 0.894.